The van der Waals surface area contributed by atoms with Crippen LogP contribution in [0.1, 0.15) is 31.3 Å². The Morgan fingerprint density at radius 3 is 2.78 bits per heavy atom. The van der Waals surface area contributed by atoms with E-state index in [-0.39, 0.29) is 5.91 Å². The third-order valence-corrected chi connectivity index (χ3v) is 3.03. The average Bonchev–Trinajstić information content (AvgIpc) is 2.55. The van der Waals surface area contributed by atoms with E-state index in [4.69, 9.17) is 4.74 Å². The second-order valence-corrected chi connectivity index (χ2v) is 5.45. The number of benzene rings is 1. The zero-order valence-corrected chi connectivity index (χ0v) is 13.7. The minimum absolute atomic E-state index is 0.299. The lowest BCUT2D eigenvalue weighted by molar-refractivity contribution is 0.102. The molecule has 2 N–H and O–H groups in total. The van der Waals surface area contributed by atoms with Crippen LogP contribution >= 0.6 is 0 Å². The zero-order chi connectivity index (χ0) is 16.7. The topological polar surface area (TPSA) is 76.1 Å². The van der Waals surface area contributed by atoms with Crippen LogP contribution in [0.3, 0.4) is 0 Å². The zero-order valence-electron chi connectivity index (χ0n) is 13.7. The molecule has 1 aromatic carbocycles. The number of nitrogens with zero attached hydrogens (tertiary/aromatic N) is 2. The summed E-state index contributed by atoms with van der Waals surface area (Å²) in [4.78, 5) is 20.5. The molecule has 0 saturated heterocycles. The van der Waals surface area contributed by atoms with Gasteiger partial charge in [0, 0.05) is 12.6 Å². The quantitative estimate of drug-likeness (QED) is 0.821. The second-order valence-electron chi connectivity index (χ2n) is 5.45. The standard InChI is InChI=1S/C17H22N4O2/c1-4-23-15-8-6-5-7-13(15)21-17(22)14-9-16(20-11-19-14)18-10-12(2)3/h5-9,11-12H,4,10H2,1-3H3,(H,21,22)(H,18,19,20). The van der Waals surface area contributed by atoms with E-state index in [0.717, 1.165) is 6.54 Å². The minimum atomic E-state index is -0.299. The van der Waals surface area contributed by atoms with Crippen molar-refractivity contribution in [2.45, 2.75) is 20.8 Å². The van der Waals surface area contributed by atoms with Crippen LogP contribution in [0.5, 0.6) is 5.75 Å². The first-order valence-electron chi connectivity index (χ1n) is 7.69. The van der Waals surface area contributed by atoms with E-state index < -0.39 is 0 Å². The van der Waals surface area contributed by atoms with E-state index in [1.54, 1.807) is 12.1 Å². The minimum Gasteiger partial charge on any atom is -0.492 e. The molecule has 0 spiro atoms. The molecule has 0 saturated carbocycles. The second kappa shape index (κ2) is 8.12. The number of hydrogen-bond acceptors (Lipinski definition) is 5. The van der Waals surface area contributed by atoms with Crippen molar-refractivity contribution < 1.29 is 9.53 Å². The Morgan fingerprint density at radius 1 is 1.26 bits per heavy atom. The highest BCUT2D eigenvalue weighted by Gasteiger charge is 2.12. The van der Waals surface area contributed by atoms with Crippen LogP contribution in [0.2, 0.25) is 0 Å². The molecule has 0 radical (unpaired) electrons. The van der Waals surface area contributed by atoms with Crippen molar-refractivity contribution in [2.75, 3.05) is 23.8 Å². The summed E-state index contributed by atoms with van der Waals surface area (Å²) in [5.41, 5.74) is 0.923. The van der Waals surface area contributed by atoms with Crippen LogP contribution in [0, 0.1) is 5.92 Å². The first-order chi connectivity index (χ1) is 11.1. The van der Waals surface area contributed by atoms with Gasteiger partial charge >= 0.3 is 0 Å². The number of amides is 1. The highest BCUT2D eigenvalue weighted by molar-refractivity contribution is 6.04. The molecule has 122 valence electrons. The third kappa shape index (κ3) is 4.95. The molecule has 0 atom stereocenters. The van der Waals surface area contributed by atoms with Crippen molar-refractivity contribution in [3.8, 4) is 5.75 Å². The van der Waals surface area contributed by atoms with Gasteiger partial charge in [0.25, 0.3) is 5.91 Å². The van der Waals surface area contributed by atoms with E-state index in [0.29, 0.717) is 35.5 Å². The summed E-state index contributed by atoms with van der Waals surface area (Å²) >= 11 is 0. The summed E-state index contributed by atoms with van der Waals surface area (Å²) in [5.74, 6) is 1.46. The Labute approximate surface area is 136 Å². The molecule has 6 heteroatoms. The smallest absolute Gasteiger partial charge is 0.274 e. The van der Waals surface area contributed by atoms with E-state index in [1.165, 1.54) is 6.33 Å². The molecule has 1 heterocycles. The van der Waals surface area contributed by atoms with Crippen molar-refractivity contribution in [1.29, 1.82) is 0 Å². The van der Waals surface area contributed by atoms with Crippen molar-refractivity contribution in [1.82, 2.24) is 9.97 Å². The Hall–Kier alpha value is -2.63. The first-order valence-corrected chi connectivity index (χ1v) is 7.69. The van der Waals surface area contributed by atoms with Gasteiger partial charge < -0.3 is 15.4 Å². The normalized spacial score (nSPS) is 10.4. The summed E-state index contributed by atoms with van der Waals surface area (Å²) in [6, 6.07) is 8.95. The number of anilines is 2. The number of rotatable bonds is 7. The monoisotopic (exact) mass is 314 g/mol. The van der Waals surface area contributed by atoms with Gasteiger partial charge in [0.15, 0.2) is 0 Å². The van der Waals surface area contributed by atoms with Crippen LogP contribution in [0.4, 0.5) is 11.5 Å². The fourth-order valence-electron chi connectivity index (χ4n) is 1.92. The number of aromatic nitrogens is 2. The Bertz CT molecular complexity index is 659. The number of para-hydroxylation sites is 2. The van der Waals surface area contributed by atoms with Crippen molar-refractivity contribution in [2.24, 2.45) is 5.92 Å². The van der Waals surface area contributed by atoms with Crippen molar-refractivity contribution in [3.05, 3.63) is 42.4 Å². The molecule has 0 fully saturated rings. The van der Waals surface area contributed by atoms with Gasteiger partial charge in [0.05, 0.1) is 12.3 Å². The van der Waals surface area contributed by atoms with Gasteiger partial charge in [-0.2, -0.15) is 0 Å². The van der Waals surface area contributed by atoms with Crippen LogP contribution in [0.15, 0.2) is 36.7 Å². The number of carbonyl (C=O) groups excluding carboxylic acids is 1. The molecule has 0 aliphatic carbocycles. The Morgan fingerprint density at radius 2 is 2.04 bits per heavy atom. The number of hydrogen-bond donors (Lipinski definition) is 2. The van der Waals surface area contributed by atoms with E-state index in [9.17, 15) is 4.79 Å². The molecular formula is C17H22N4O2. The largest absolute Gasteiger partial charge is 0.492 e. The summed E-state index contributed by atoms with van der Waals surface area (Å²) < 4.78 is 5.50. The molecular weight excluding hydrogens is 292 g/mol. The van der Waals surface area contributed by atoms with Gasteiger partial charge in [-0.3, -0.25) is 4.79 Å². The maximum absolute atomic E-state index is 12.4. The molecule has 2 aromatic rings. The number of carbonyl (C=O) groups is 1. The Kier molecular flexibility index (Phi) is 5.91. The van der Waals surface area contributed by atoms with Crippen LogP contribution in [0.25, 0.3) is 0 Å². The molecule has 1 aromatic heterocycles. The lowest BCUT2D eigenvalue weighted by Crippen LogP contribution is -2.16. The van der Waals surface area contributed by atoms with Gasteiger partial charge in [-0.15, -0.1) is 0 Å². The Balaban J connectivity index is 2.10. The molecule has 0 bridgehead atoms. The van der Waals surface area contributed by atoms with Crippen LogP contribution < -0.4 is 15.4 Å². The average molecular weight is 314 g/mol. The fourth-order valence-corrected chi connectivity index (χ4v) is 1.92. The first kappa shape index (κ1) is 16.7. The van der Waals surface area contributed by atoms with Crippen molar-refractivity contribution in [3.63, 3.8) is 0 Å². The molecule has 0 unspecified atom stereocenters. The molecule has 1 amide bonds. The molecule has 6 nitrogen and oxygen atoms in total. The van der Waals surface area contributed by atoms with Gasteiger partial charge in [0.2, 0.25) is 0 Å². The fraction of sp³-hybridized carbons (Fsp3) is 0.353. The number of ether oxygens (including phenoxy) is 1. The molecule has 0 aliphatic heterocycles. The van der Waals surface area contributed by atoms with Crippen LogP contribution in [-0.2, 0) is 0 Å². The molecule has 2 rings (SSSR count). The van der Waals surface area contributed by atoms with Crippen LogP contribution in [-0.4, -0.2) is 29.0 Å². The third-order valence-electron chi connectivity index (χ3n) is 3.03. The highest BCUT2D eigenvalue weighted by Crippen LogP contribution is 2.24. The predicted octanol–water partition coefficient (Wildman–Crippen LogP) is 3.20. The lowest BCUT2D eigenvalue weighted by Gasteiger charge is -2.11. The summed E-state index contributed by atoms with van der Waals surface area (Å²) in [5, 5.41) is 6.00. The van der Waals surface area contributed by atoms with Gasteiger partial charge in [0.1, 0.15) is 23.6 Å². The van der Waals surface area contributed by atoms with Gasteiger partial charge in [-0.1, -0.05) is 26.0 Å². The summed E-state index contributed by atoms with van der Waals surface area (Å²) in [6.45, 7) is 7.42. The molecule has 23 heavy (non-hydrogen) atoms. The maximum Gasteiger partial charge on any atom is 0.274 e. The molecule has 0 aliphatic rings. The van der Waals surface area contributed by atoms with E-state index in [2.05, 4.69) is 34.4 Å². The number of nitrogens with one attached hydrogen (secondary N) is 2. The van der Waals surface area contributed by atoms with Crippen molar-refractivity contribution >= 4 is 17.4 Å². The lowest BCUT2D eigenvalue weighted by atomic mass is 10.2. The predicted molar refractivity (Wildman–Crippen MR) is 90.9 cm³/mol. The van der Waals surface area contributed by atoms with Gasteiger partial charge in [-0.05, 0) is 25.0 Å². The van der Waals surface area contributed by atoms with E-state index >= 15 is 0 Å². The van der Waals surface area contributed by atoms with E-state index in [1.807, 2.05) is 25.1 Å². The summed E-state index contributed by atoms with van der Waals surface area (Å²) in [7, 11) is 0. The van der Waals surface area contributed by atoms with Gasteiger partial charge in [-0.25, -0.2) is 9.97 Å². The highest BCUT2D eigenvalue weighted by atomic mass is 16.5. The maximum atomic E-state index is 12.4. The summed E-state index contributed by atoms with van der Waals surface area (Å²) in [6.07, 6.45) is 1.38. The SMILES string of the molecule is CCOc1ccccc1NC(=O)c1cc(NCC(C)C)ncn1.